The number of nitrogens with zero attached hydrogens (tertiary/aromatic N) is 3. The largest absolute Gasteiger partial charge is 0.264 e. The van der Waals surface area contributed by atoms with Crippen LogP contribution in [0.3, 0.4) is 0 Å². The molecule has 0 aliphatic rings. The highest BCUT2D eigenvalue weighted by Crippen LogP contribution is 2.21. The summed E-state index contributed by atoms with van der Waals surface area (Å²) in [6.07, 6.45) is 0. The van der Waals surface area contributed by atoms with Gasteiger partial charge in [-0.2, -0.15) is 0 Å². The summed E-state index contributed by atoms with van der Waals surface area (Å²) < 4.78 is 4.41. The van der Waals surface area contributed by atoms with Crippen molar-refractivity contribution in [1.82, 2.24) is 10.3 Å². The topological polar surface area (TPSA) is 82.6 Å². The van der Waals surface area contributed by atoms with Crippen molar-refractivity contribution in [3.8, 4) is 0 Å². The van der Waals surface area contributed by atoms with E-state index in [1.54, 1.807) is 12.1 Å². The van der Waals surface area contributed by atoms with Crippen molar-refractivity contribution in [2.24, 2.45) is 0 Å². The van der Waals surface area contributed by atoms with Gasteiger partial charge in [0.15, 0.2) is 5.52 Å². The average molecular weight is 167 g/mol. The second kappa shape index (κ2) is 2.43. The Labute approximate surface area is 66.5 Å². The van der Waals surface area contributed by atoms with E-state index in [1.165, 1.54) is 6.07 Å². The Hall–Kier alpha value is -1.66. The quantitative estimate of drug-likeness (QED) is 0.611. The third-order valence-electron chi connectivity index (χ3n) is 1.48. The van der Waals surface area contributed by atoms with E-state index >= 15 is 0 Å². The van der Waals surface area contributed by atoms with Crippen LogP contribution in [-0.4, -0.2) is 20.7 Å². The fourth-order valence-corrected chi connectivity index (χ4v) is 0.953. The standard InChI is InChI=1S/C6H5N3O3/c10-9(11)5-3-1-2-4-6(5)8-12-7-4/h1-3,10-11H. The van der Waals surface area contributed by atoms with Crippen LogP contribution in [0.5, 0.6) is 0 Å². The van der Waals surface area contributed by atoms with Gasteiger partial charge in [-0.25, -0.2) is 4.63 Å². The molecule has 0 amide bonds. The molecule has 2 aromatic rings. The molecule has 0 saturated carbocycles. The second-order valence-electron chi connectivity index (χ2n) is 2.20. The number of hydrogen-bond acceptors (Lipinski definition) is 6. The highest BCUT2D eigenvalue weighted by molar-refractivity contribution is 5.86. The molecule has 0 unspecified atom stereocenters. The first-order valence-electron chi connectivity index (χ1n) is 3.18. The van der Waals surface area contributed by atoms with Crippen LogP contribution in [0.4, 0.5) is 5.69 Å². The van der Waals surface area contributed by atoms with Gasteiger partial charge in [-0.15, -0.1) is 5.23 Å². The van der Waals surface area contributed by atoms with Crippen LogP contribution >= 0.6 is 0 Å². The van der Waals surface area contributed by atoms with Gasteiger partial charge in [0, 0.05) is 0 Å². The summed E-state index contributed by atoms with van der Waals surface area (Å²) in [6.45, 7) is 0. The van der Waals surface area contributed by atoms with E-state index in [0.29, 0.717) is 11.0 Å². The van der Waals surface area contributed by atoms with Crippen molar-refractivity contribution in [1.29, 1.82) is 0 Å². The number of rotatable bonds is 1. The van der Waals surface area contributed by atoms with Crippen LogP contribution in [0.2, 0.25) is 0 Å². The molecule has 0 aliphatic carbocycles. The summed E-state index contributed by atoms with van der Waals surface area (Å²) in [5.74, 6) is 0. The van der Waals surface area contributed by atoms with Gasteiger partial charge in [-0.05, 0) is 22.4 Å². The van der Waals surface area contributed by atoms with Crippen molar-refractivity contribution in [3.05, 3.63) is 18.2 Å². The monoisotopic (exact) mass is 167 g/mol. The van der Waals surface area contributed by atoms with Gasteiger partial charge >= 0.3 is 0 Å². The molecule has 0 bridgehead atoms. The van der Waals surface area contributed by atoms with Crippen molar-refractivity contribution >= 4 is 16.7 Å². The Bertz CT molecular complexity index is 398. The van der Waals surface area contributed by atoms with Crippen molar-refractivity contribution in [2.45, 2.75) is 0 Å². The maximum Gasteiger partial charge on any atom is 0.163 e. The smallest absolute Gasteiger partial charge is 0.163 e. The van der Waals surface area contributed by atoms with Crippen LogP contribution in [0, 0.1) is 0 Å². The highest BCUT2D eigenvalue weighted by Gasteiger charge is 2.09. The Morgan fingerprint density at radius 2 is 2.08 bits per heavy atom. The van der Waals surface area contributed by atoms with Crippen LogP contribution in [-0.2, 0) is 0 Å². The van der Waals surface area contributed by atoms with Gasteiger partial charge in [0.2, 0.25) is 0 Å². The molecular formula is C6H5N3O3. The predicted octanol–water partition coefficient (Wildman–Crippen LogP) is 0.808. The minimum atomic E-state index is -0.0213. The molecule has 0 aliphatic heterocycles. The van der Waals surface area contributed by atoms with Crippen LogP contribution in [0.1, 0.15) is 0 Å². The molecule has 0 fully saturated rings. The number of anilines is 1. The lowest BCUT2D eigenvalue weighted by Crippen LogP contribution is -2.11. The van der Waals surface area contributed by atoms with Gasteiger partial charge in [-0.1, -0.05) is 6.07 Å². The normalized spacial score (nSPS) is 10.5. The predicted molar refractivity (Wildman–Crippen MR) is 37.9 cm³/mol. The Balaban J connectivity index is 2.73. The number of fused-ring (bicyclic) bond motifs is 1. The van der Waals surface area contributed by atoms with Crippen molar-refractivity contribution < 1.29 is 15.0 Å². The number of aromatic nitrogens is 2. The molecule has 0 spiro atoms. The molecule has 2 N–H and O–H groups in total. The third-order valence-corrected chi connectivity index (χ3v) is 1.48. The zero-order valence-corrected chi connectivity index (χ0v) is 5.88. The lowest BCUT2D eigenvalue weighted by molar-refractivity contribution is 0.0298. The lowest BCUT2D eigenvalue weighted by atomic mass is 10.3. The van der Waals surface area contributed by atoms with E-state index in [0.717, 1.165) is 0 Å². The molecule has 1 heterocycles. The minimum absolute atomic E-state index is 0.0213. The van der Waals surface area contributed by atoms with E-state index in [2.05, 4.69) is 14.9 Å². The Kier molecular flexibility index (Phi) is 1.42. The highest BCUT2D eigenvalue weighted by atomic mass is 16.8. The number of benzene rings is 1. The zero-order valence-electron chi connectivity index (χ0n) is 5.88. The van der Waals surface area contributed by atoms with E-state index in [9.17, 15) is 0 Å². The SMILES string of the molecule is ON(O)c1cccc2nonc12. The maximum atomic E-state index is 8.72. The average Bonchev–Trinajstić information content (AvgIpc) is 2.49. The van der Waals surface area contributed by atoms with Crippen LogP contribution in [0.25, 0.3) is 11.0 Å². The molecule has 0 atom stereocenters. The minimum Gasteiger partial charge on any atom is -0.264 e. The molecular weight excluding hydrogens is 162 g/mol. The second-order valence-corrected chi connectivity index (χ2v) is 2.20. The third kappa shape index (κ3) is 0.900. The fourth-order valence-electron chi connectivity index (χ4n) is 0.953. The first-order valence-corrected chi connectivity index (χ1v) is 3.18. The van der Waals surface area contributed by atoms with Gasteiger partial charge in [0.05, 0.1) is 0 Å². The summed E-state index contributed by atoms with van der Waals surface area (Å²) >= 11 is 0. The molecule has 1 aromatic carbocycles. The van der Waals surface area contributed by atoms with E-state index in [-0.39, 0.29) is 10.9 Å². The van der Waals surface area contributed by atoms with Crippen LogP contribution < -0.4 is 5.23 Å². The Morgan fingerprint density at radius 1 is 1.25 bits per heavy atom. The fraction of sp³-hybridized carbons (Fsp3) is 0. The first kappa shape index (κ1) is 7.01. The molecule has 6 heteroatoms. The molecule has 0 saturated heterocycles. The van der Waals surface area contributed by atoms with Gasteiger partial charge < -0.3 is 0 Å². The van der Waals surface area contributed by atoms with E-state index < -0.39 is 0 Å². The Morgan fingerprint density at radius 3 is 2.83 bits per heavy atom. The number of hydrogen-bond donors (Lipinski definition) is 2. The summed E-state index contributed by atoms with van der Waals surface area (Å²) in [7, 11) is 0. The summed E-state index contributed by atoms with van der Waals surface area (Å²) in [6, 6.07) is 4.74. The molecule has 2 rings (SSSR count). The van der Waals surface area contributed by atoms with Gasteiger partial charge in [0.1, 0.15) is 11.2 Å². The lowest BCUT2D eigenvalue weighted by Gasteiger charge is -2.05. The zero-order chi connectivity index (χ0) is 8.55. The van der Waals surface area contributed by atoms with Gasteiger partial charge in [0.25, 0.3) is 0 Å². The van der Waals surface area contributed by atoms with Crippen LogP contribution in [0.15, 0.2) is 22.8 Å². The first-order chi connectivity index (χ1) is 5.79. The van der Waals surface area contributed by atoms with Crippen molar-refractivity contribution in [2.75, 3.05) is 5.23 Å². The summed E-state index contributed by atoms with van der Waals surface area (Å²) in [5.41, 5.74) is 0.914. The molecule has 0 radical (unpaired) electrons. The van der Waals surface area contributed by atoms with Gasteiger partial charge in [-0.3, -0.25) is 10.4 Å². The molecule has 6 nitrogen and oxygen atoms in total. The summed E-state index contributed by atoms with van der Waals surface area (Å²) in [4.78, 5) is 0. The van der Waals surface area contributed by atoms with E-state index in [1.807, 2.05) is 0 Å². The van der Waals surface area contributed by atoms with E-state index in [4.69, 9.17) is 10.4 Å². The summed E-state index contributed by atoms with van der Waals surface area (Å²) in [5, 5.41) is 24.4. The van der Waals surface area contributed by atoms with Crippen molar-refractivity contribution in [3.63, 3.8) is 0 Å². The molecule has 1 aromatic heterocycles. The maximum absolute atomic E-state index is 8.72. The molecule has 62 valence electrons. The molecule has 12 heavy (non-hydrogen) atoms.